The van der Waals surface area contributed by atoms with Crippen molar-refractivity contribution in [1.82, 2.24) is 0 Å². The fourth-order valence-corrected chi connectivity index (χ4v) is 2.81. The zero-order valence-electron chi connectivity index (χ0n) is 11.5. The summed E-state index contributed by atoms with van der Waals surface area (Å²) in [7, 11) is 0. The molecule has 0 saturated carbocycles. The summed E-state index contributed by atoms with van der Waals surface area (Å²) in [6.45, 7) is 11.4. The summed E-state index contributed by atoms with van der Waals surface area (Å²) in [5, 5.41) is 0. The highest BCUT2D eigenvalue weighted by atomic mass is 14.3. The van der Waals surface area contributed by atoms with Crippen molar-refractivity contribution in [3.63, 3.8) is 0 Å². The van der Waals surface area contributed by atoms with Gasteiger partial charge in [0.15, 0.2) is 0 Å². The smallest absolute Gasteiger partial charge is 0.0183 e. The third kappa shape index (κ3) is 3.37. The SMILES string of the molecule is C/C=C\C1=C(/C=C\C)C(C)CC(C)(C)CC1. The summed E-state index contributed by atoms with van der Waals surface area (Å²) in [5.74, 6) is 0.680. The lowest BCUT2D eigenvalue weighted by molar-refractivity contribution is 0.285. The lowest BCUT2D eigenvalue weighted by Gasteiger charge is -2.25. The van der Waals surface area contributed by atoms with Gasteiger partial charge in [-0.1, -0.05) is 45.1 Å². The normalized spacial score (nSPS) is 26.7. The van der Waals surface area contributed by atoms with E-state index in [4.69, 9.17) is 0 Å². The Kier molecular flexibility index (Phi) is 4.58. The van der Waals surface area contributed by atoms with Crippen molar-refractivity contribution in [2.24, 2.45) is 11.3 Å². The van der Waals surface area contributed by atoms with Gasteiger partial charge in [0.05, 0.1) is 0 Å². The fraction of sp³-hybridized carbons (Fsp3) is 0.625. The van der Waals surface area contributed by atoms with Crippen molar-refractivity contribution < 1.29 is 0 Å². The van der Waals surface area contributed by atoms with Gasteiger partial charge in [0.1, 0.15) is 0 Å². The molecule has 0 heterocycles. The molecule has 0 fully saturated rings. The monoisotopic (exact) mass is 218 g/mol. The van der Waals surface area contributed by atoms with E-state index < -0.39 is 0 Å². The minimum Gasteiger partial charge on any atom is -0.0874 e. The first-order valence-corrected chi connectivity index (χ1v) is 6.48. The third-order valence-corrected chi connectivity index (χ3v) is 3.55. The molecule has 0 heteroatoms. The van der Waals surface area contributed by atoms with E-state index in [0.29, 0.717) is 11.3 Å². The molecule has 1 rings (SSSR count). The van der Waals surface area contributed by atoms with Crippen molar-refractivity contribution in [2.75, 3.05) is 0 Å². The lowest BCUT2D eigenvalue weighted by Crippen LogP contribution is -2.13. The first-order chi connectivity index (χ1) is 7.50. The molecule has 0 saturated heterocycles. The van der Waals surface area contributed by atoms with Crippen LogP contribution in [0.5, 0.6) is 0 Å². The molecule has 1 unspecified atom stereocenters. The van der Waals surface area contributed by atoms with Gasteiger partial charge in [-0.15, -0.1) is 0 Å². The van der Waals surface area contributed by atoms with Crippen LogP contribution in [0.3, 0.4) is 0 Å². The van der Waals surface area contributed by atoms with E-state index >= 15 is 0 Å². The van der Waals surface area contributed by atoms with E-state index in [-0.39, 0.29) is 0 Å². The largest absolute Gasteiger partial charge is 0.0874 e. The predicted molar refractivity (Wildman–Crippen MR) is 73.5 cm³/mol. The maximum absolute atomic E-state index is 2.40. The Morgan fingerprint density at radius 2 is 1.75 bits per heavy atom. The third-order valence-electron chi connectivity index (χ3n) is 3.55. The molecule has 0 aromatic rings. The summed E-state index contributed by atoms with van der Waals surface area (Å²) >= 11 is 0. The Morgan fingerprint density at radius 1 is 1.12 bits per heavy atom. The molecule has 0 radical (unpaired) electrons. The zero-order valence-corrected chi connectivity index (χ0v) is 11.5. The minimum absolute atomic E-state index is 0.482. The molecule has 0 N–H and O–H groups in total. The highest BCUT2D eigenvalue weighted by Crippen LogP contribution is 2.40. The second kappa shape index (κ2) is 5.52. The summed E-state index contributed by atoms with van der Waals surface area (Å²) < 4.78 is 0. The lowest BCUT2D eigenvalue weighted by atomic mass is 9.80. The quantitative estimate of drug-likeness (QED) is 0.591. The summed E-state index contributed by atoms with van der Waals surface area (Å²) in [5.41, 5.74) is 3.57. The van der Waals surface area contributed by atoms with Gasteiger partial charge in [-0.05, 0) is 55.6 Å². The van der Waals surface area contributed by atoms with Crippen molar-refractivity contribution >= 4 is 0 Å². The Hall–Kier alpha value is -0.780. The van der Waals surface area contributed by atoms with E-state index in [9.17, 15) is 0 Å². The molecule has 1 aliphatic rings. The molecular formula is C16H26. The molecular weight excluding hydrogens is 192 g/mol. The molecule has 16 heavy (non-hydrogen) atoms. The van der Waals surface area contributed by atoms with Crippen LogP contribution in [0.15, 0.2) is 35.5 Å². The first kappa shape index (κ1) is 13.3. The molecule has 1 aliphatic carbocycles. The van der Waals surface area contributed by atoms with Crippen LogP contribution < -0.4 is 0 Å². The highest BCUT2D eigenvalue weighted by Gasteiger charge is 2.26. The van der Waals surface area contributed by atoms with Crippen LogP contribution in [0, 0.1) is 11.3 Å². The molecule has 0 amide bonds. The molecule has 1 atom stereocenters. The van der Waals surface area contributed by atoms with Crippen LogP contribution in [-0.2, 0) is 0 Å². The average molecular weight is 218 g/mol. The summed E-state index contributed by atoms with van der Waals surface area (Å²) in [6.07, 6.45) is 12.8. The maximum atomic E-state index is 2.40. The topological polar surface area (TPSA) is 0 Å². The van der Waals surface area contributed by atoms with Gasteiger partial charge < -0.3 is 0 Å². The van der Waals surface area contributed by atoms with E-state index in [1.54, 1.807) is 11.1 Å². The minimum atomic E-state index is 0.482. The van der Waals surface area contributed by atoms with Crippen LogP contribution in [0.1, 0.15) is 53.9 Å². The van der Waals surface area contributed by atoms with Crippen LogP contribution in [0.2, 0.25) is 0 Å². The highest BCUT2D eigenvalue weighted by molar-refractivity contribution is 5.35. The Bertz CT molecular complexity index is 313. The van der Waals surface area contributed by atoms with Gasteiger partial charge in [-0.3, -0.25) is 0 Å². The van der Waals surface area contributed by atoms with Crippen molar-refractivity contribution in [2.45, 2.75) is 53.9 Å². The van der Waals surface area contributed by atoms with Crippen LogP contribution in [0.25, 0.3) is 0 Å². The number of hydrogen-bond donors (Lipinski definition) is 0. The Morgan fingerprint density at radius 3 is 2.31 bits per heavy atom. The van der Waals surface area contributed by atoms with Gasteiger partial charge in [0.2, 0.25) is 0 Å². The van der Waals surface area contributed by atoms with Crippen LogP contribution in [-0.4, -0.2) is 0 Å². The summed E-state index contributed by atoms with van der Waals surface area (Å²) in [4.78, 5) is 0. The average Bonchev–Trinajstić information content (AvgIpc) is 2.29. The van der Waals surface area contributed by atoms with Gasteiger partial charge >= 0.3 is 0 Å². The zero-order chi connectivity index (χ0) is 12.2. The molecule has 0 aromatic carbocycles. The van der Waals surface area contributed by atoms with Gasteiger partial charge in [-0.2, -0.15) is 0 Å². The maximum Gasteiger partial charge on any atom is -0.0183 e. The molecule has 0 nitrogen and oxygen atoms in total. The Labute approximate surface area is 101 Å². The molecule has 90 valence electrons. The molecule has 0 aromatic heterocycles. The van der Waals surface area contributed by atoms with Gasteiger partial charge in [0, 0.05) is 0 Å². The van der Waals surface area contributed by atoms with Crippen LogP contribution in [0.4, 0.5) is 0 Å². The van der Waals surface area contributed by atoms with Gasteiger partial charge in [-0.25, -0.2) is 0 Å². The van der Waals surface area contributed by atoms with E-state index in [0.717, 1.165) is 0 Å². The van der Waals surface area contributed by atoms with E-state index in [1.807, 2.05) is 0 Å². The standard InChI is InChI=1S/C16H26/c1-6-8-14-10-11-16(4,5)12-13(3)15(14)9-7-2/h6-9,13H,10-12H2,1-5H3/b8-6-,9-7-. The molecule has 0 bridgehead atoms. The van der Waals surface area contributed by atoms with Crippen molar-refractivity contribution in [1.29, 1.82) is 0 Å². The number of allylic oxidation sites excluding steroid dienone is 6. The van der Waals surface area contributed by atoms with Crippen molar-refractivity contribution in [3.8, 4) is 0 Å². The number of hydrogen-bond acceptors (Lipinski definition) is 0. The fourth-order valence-electron chi connectivity index (χ4n) is 2.81. The van der Waals surface area contributed by atoms with Crippen molar-refractivity contribution in [3.05, 3.63) is 35.5 Å². The molecule has 0 spiro atoms. The van der Waals surface area contributed by atoms with E-state index in [2.05, 4.69) is 58.9 Å². The van der Waals surface area contributed by atoms with Gasteiger partial charge in [0.25, 0.3) is 0 Å². The first-order valence-electron chi connectivity index (χ1n) is 6.48. The van der Waals surface area contributed by atoms with E-state index in [1.165, 1.54) is 19.3 Å². The number of rotatable bonds is 2. The second-order valence-corrected chi connectivity index (χ2v) is 5.75. The summed E-state index contributed by atoms with van der Waals surface area (Å²) in [6, 6.07) is 0. The van der Waals surface area contributed by atoms with Crippen LogP contribution >= 0.6 is 0 Å². The second-order valence-electron chi connectivity index (χ2n) is 5.75. The predicted octanol–water partition coefficient (Wildman–Crippen LogP) is 5.28. The Balaban J connectivity index is 3.07. The molecule has 0 aliphatic heterocycles.